The number of hydrogen-bond acceptors (Lipinski definition) is 4. The average Bonchev–Trinajstić information content (AvgIpc) is 2.90. The molecule has 1 N–H and O–H groups in total. The van der Waals surface area contributed by atoms with Crippen molar-refractivity contribution < 1.29 is 19.0 Å². The minimum Gasteiger partial charge on any atom is -0.504 e. The van der Waals surface area contributed by atoms with Crippen molar-refractivity contribution in [3.8, 4) is 28.6 Å². The maximum atomic E-state index is 9.66. The molecule has 2 aromatic carbocycles. The van der Waals surface area contributed by atoms with Crippen LogP contribution in [0.1, 0.15) is 5.56 Å². The zero-order chi connectivity index (χ0) is 15.0. The van der Waals surface area contributed by atoms with E-state index in [0.717, 1.165) is 16.5 Å². The topological polar surface area (TPSA) is 51.8 Å². The summed E-state index contributed by atoms with van der Waals surface area (Å²) < 4.78 is 16.4. The molecule has 0 fully saturated rings. The summed E-state index contributed by atoms with van der Waals surface area (Å²) >= 11 is 0. The van der Waals surface area contributed by atoms with Crippen molar-refractivity contribution in [1.82, 2.24) is 0 Å². The lowest BCUT2D eigenvalue weighted by atomic mass is 10.1. The molecule has 1 aromatic heterocycles. The molecule has 0 unspecified atom stereocenters. The highest BCUT2D eigenvalue weighted by Gasteiger charge is 2.13. The fourth-order valence-electron chi connectivity index (χ4n) is 2.39. The molecule has 3 rings (SSSR count). The highest BCUT2D eigenvalue weighted by molar-refractivity contribution is 5.88. The highest BCUT2D eigenvalue weighted by atomic mass is 16.5. The second-order valence-corrected chi connectivity index (χ2v) is 4.88. The van der Waals surface area contributed by atoms with Gasteiger partial charge in [0, 0.05) is 10.9 Å². The third kappa shape index (κ3) is 2.29. The van der Waals surface area contributed by atoms with Gasteiger partial charge in [0.2, 0.25) is 0 Å². The maximum absolute atomic E-state index is 9.66. The summed E-state index contributed by atoms with van der Waals surface area (Å²) in [5, 5.41) is 10.6. The molecule has 0 aliphatic rings. The van der Waals surface area contributed by atoms with Crippen LogP contribution >= 0.6 is 0 Å². The molecule has 4 nitrogen and oxygen atoms in total. The van der Waals surface area contributed by atoms with Gasteiger partial charge < -0.3 is 19.0 Å². The minimum atomic E-state index is 0.103. The number of aryl methyl sites for hydroxylation is 1. The highest BCUT2D eigenvalue weighted by Crippen LogP contribution is 2.37. The molecule has 0 bridgehead atoms. The fraction of sp³-hybridized carbons (Fsp3) is 0.176. The summed E-state index contributed by atoms with van der Waals surface area (Å²) in [6.45, 7) is 2.01. The molecule has 0 aliphatic heterocycles. The Balaban J connectivity index is 2.17. The summed E-state index contributed by atoms with van der Waals surface area (Å²) in [5.74, 6) is 1.93. The van der Waals surface area contributed by atoms with E-state index in [1.165, 1.54) is 7.11 Å². The quantitative estimate of drug-likeness (QED) is 0.785. The zero-order valence-corrected chi connectivity index (χ0v) is 12.1. The van der Waals surface area contributed by atoms with Crippen LogP contribution in [0.4, 0.5) is 0 Å². The van der Waals surface area contributed by atoms with Crippen LogP contribution in [-0.4, -0.2) is 19.3 Å². The Labute approximate surface area is 122 Å². The lowest BCUT2D eigenvalue weighted by Crippen LogP contribution is -1.84. The zero-order valence-electron chi connectivity index (χ0n) is 12.1. The standard InChI is InChI=1S/C17H16O4/c1-10-6-12-9-14(21-17(12)16(7-10)20-3)11-4-5-13(18)15(8-11)19-2/h4-9,18H,1-3H3. The first-order valence-electron chi connectivity index (χ1n) is 6.58. The Morgan fingerprint density at radius 2 is 1.71 bits per heavy atom. The summed E-state index contributed by atoms with van der Waals surface area (Å²) in [4.78, 5) is 0. The Morgan fingerprint density at radius 1 is 0.952 bits per heavy atom. The van der Waals surface area contributed by atoms with Crippen molar-refractivity contribution in [1.29, 1.82) is 0 Å². The van der Waals surface area contributed by atoms with Gasteiger partial charge in [0.05, 0.1) is 14.2 Å². The van der Waals surface area contributed by atoms with Gasteiger partial charge in [-0.1, -0.05) is 0 Å². The number of aromatic hydroxyl groups is 1. The maximum Gasteiger partial charge on any atom is 0.176 e. The third-order valence-electron chi connectivity index (χ3n) is 3.41. The summed E-state index contributed by atoms with van der Waals surface area (Å²) in [7, 11) is 3.14. The van der Waals surface area contributed by atoms with E-state index in [2.05, 4.69) is 0 Å². The summed E-state index contributed by atoms with van der Waals surface area (Å²) in [6, 6.07) is 11.1. The van der Waals surface area contributed by atoms with Crippen LogP contribution in [0, 0.1) is 6.92 Å². The van der Waals surface area contributed by atoms with Crippen LogP contribution in [-0.2, 0) is 0 Å². The van der Waals surface area contributed by atoms with E-state index in [0.29, 0.717) is 22.8 Å². The number of rotatable bonds is 3. The number of hydrogen-bond donors (Lipinski definition) is 1. The largest absolute Gasteiger partial charge is 0.504 e. The Hall–Kier alpha value is -2.62. The molecule has 0 saturated carbocycles. The predicted molar refractivity (Wildman–Crippen MR) is 81.2 cm³/mol. The smallest absolute Gasteiger partial charge is 0.176 e. The molecule has 1 heterocycles. The van der Waals surface area contributed by atoms with Crippen molar-refractivity contribution in [2.45, 2.75) is 6.92 Å². The molecule has 0 spiro atoms. The van der Waals surface area contributed by atoms with Gasteiger partial charge in [-0.2, -0.15) is 0 Å². The number of phenols is 1. The van der Waals surface area contributed by atoms with E-state index >= 15 is 0 Å². The molecule has 108 valence electrons. The van der Waals surface area contributed by atoms with Gasteiger partial charge >= 0.3 is 0 Å². The molecule has 0 amide bonds. The fourth-order valence-corrected chi connectivity index (χ4v) is 2.39. The van der Waals surface area contributed by atoms with Crippen LogP contribution < -0.4 is 9.47 Å². The van der Waals surface area contributed by atoms with Crippen LogP contribution in [0.15, 0.2) is 40.8 Å². The second-order valence-electron chi connectivity index (χ2n) is 4.88. The summed E-state index contributed by atoms with van der Waals surface area (Å²) in [5.41, 5.74) is 2.65. The Kier molecular flexibility index (Phi) is 3.22. The lowest BCUT2D eigenvalue weighted by molar-refractivity contribution is 0.373. The first-order chi connectivity index (χ1) is 10.1. The van der Waals surface area contributed by atoms with Gasteiger partial charge in [0.1, 0.15) is 5.76 Å². The molecule has 0 atom stereocenters. The first-order valence-corrected chi connectivity index (χ1v) is 6.58. The van der Waals surface area contributed by atoms with E-state index in [9.17, 15) is 5.11 Å². The van der Waals surface area contributed by atoms with Crippen molar-refractivity contribution in [2.24, 2.45) is 0 Å². The van der Waals surface area contributed by atoms with Gasteiger partial charge in [-0.15, -0.1) is 0 Å². The second kappa shape index (κ2) is 5.05. The number of benzene rings is 2. The molecule has 0 radical (unpaired) electrons. The van der Waals surface area contributed by atoms with Gasteiger partial charge in [-0.25, -0.2) is 0 Å². The molecular formula is C17H16O4. The Bertz CT molecular complexity index is 802. The molecule has 0 aliphatic carbocycles. The van der Waals surface area contributed by atoms with Crippen LogP contribution in [0.25, 0.3) is 22.3 Å². The minimum absolute atomic E-state index is 0.103. The number of methoxy groups -OCH3 is 2. The average molecular weight is 284 g/mol. The van der Waals surface area contributed by atoms with Crippen LogP contribution in [0.2, 0.25) is 0 Å². The van der Waals surface area contributed by atoms with Crippen LogP contribution in [0.3, 0.4) is 0 Å². The van der Waals surface area contributed by atoms with E-state index in [4.69, 9.17) is 13.9 Å². The number of fused-ring (bicyclic) bond motifs is 1. The van der Waals surface area contributed by atoms with E-state index in [1.54, 1.807) is 25.3 Å². The molecule has 0 saturated heterocycles. The normalized spacial score (nSPS) is 10.8. The number of phenolic OH excluding ortho intramolecular Hbond substituents is 1. The number of ether oxygens (including phenoxy) is 2. The predicted octanol–water partition coefficient (Wildman–Crippen LogP) is 4.13. The molecule has 3 aromatic rings. The monoisotopic (exact) mass is 284 g/mol. The number of furan rings is 1. The summed E-state index contributed by atoms with van der Waals surface area (Å²) in [6.07, 6.45) is 0. The molecule has 21 heavy (non-hydrogen) atoms. The lowest BCUT2D eigenvalue weighted by Gasteiger charge is -2.04. The van der Waals surface area contributed by atoms with Gasteiger partial charge in [0.25, 0.3) is 0 Å². The molecular weight excluding hydrogens is 268 g/mol. The van der Waals surface area contributed by atoms with Gasteiger partial charge in [0.15, 0.2) is 22.8 Å². The SMILES string of the molecule is COc1cc(-c2cc3cc(C)cc(OC)c3o2)ccc1O. The van der Waals surface area contributed by atoms with E-state index in [1.807, 2.05) is 25.1 Å². The molecule has 4 heteroatoms. The van der Waals surface area contributed by atoms with Gasteiger partial charge in [-0.3, -0.25) is 0 Å². The van der Waals surface area contributed by atoms with Crippen LogP contribution in [0.5, 0.6) is 17.2 Å². The first kappa shape index (κ1) is 13.4. The van der Waals surface area contributed by atoms with Crippen molar-refractivity contribution >= 4 is 11.0 Å². The van der Waals surface area contributed by atoms with Crippen molar-refractivity contribution in [2.75, 3.05) is 14.2 Å². The van der Waals surface area contributed by atoms with Crippen molar-refractivity contribution in [3.63, 3.8) is 0 Å². The Morgan fingerprint density at radius 3 is 2.43 bits per heavy atom. The third-order valence-corrected chi connectivity index (χ3v) is 3.41. The van der Waals surface area contributed by atoms with Gasteiger partial charge in [-0.05, 0) is 48.9 Å². The van der Waals surface area contributed by atoms with Crippen molar-refractivity contribution in [3.05, 3.63) is 42.0 Å². The van der Waals surface area contributed by atoms with E-state index in [-0.39, 0.29) is 5.75 Å². The van der Waals surface area contributed by atoms with E-state index < -0.39 is 0 Å².